The molecule has 2 aromatic carbocycles. The number of aromatic amines is 1. The fourth-order valence-electron chi connectivity index (χ4n) is 3.76. The normalized spacial score (nSPS) is 11.2. The Balaban J connectivity index is 1.44. The van der Waals surface area contributed by atoms with Gasteiger partial charge in [-0.25, -0.2) is 9.97 Å². The number of nitrogens with one attached hydrogen (secondary N) is 3. The average molecular weight is 443 g/mol. The molecule has 0 unspecified atom stereocenters. The smallest absolute Gasteiger partial charge is 0.236 e. The van der Waals surface area contributed by atoms with Crippen LogP contribution in [0.2, 0.25) is 0 Å². The molecule has 10 heteroatoms. The van der Waals surface area contributed by atoms with Crippen LogP contribution in [-0.2, 0) is 13.6 Å². The minimum Gasteiger partial charge on any atom is -0.347 e. The first-order chi connectivity index (χ1) is 16.1. The monoisotopic (exact) mass is 442 g/mol. The van der Waals surface area contributed by atoms with Crippen LogP contribution in [0.15, 0.2) is 48.5 Å². The molecule has 0 saturated heterocycles. The molecule has 3 heterocycles. The maximum absolute atomic E-state index is 4.67. The zero-order valence-electron chi connectivity index (χ0n) is 18.9. The van der Waals surface area contributed by atoms with E-state index >= 15 is 0 Å². The van der Waals surface area contributed by atoms with Gasteiger partial charge in [0.25, 0.3) is 0 Å². The molecule has 0 bridgehead atoms. The lowest BCUT2D eigenvalue weighted by molar-refractivity contribution is 0.811. The van der Waals surface area contributed by atoms with Crippen LogP contribution in [0.3, 0.4) is 0 Å². The predicted molar refractivity (Wildman–Crippen MR) is 131 cm³/mol. The Morgan fingerprint density at radius 2 is 1.58 bits per heavy atom. The van der Waals surface area contributed by atoms with Gasteiger partial charge in [0.05, 0.1) is 28.6 Å². The topological polar surface area (TPSA) is 112 Å². The van der Waals surface area contributed by atoms with Crippen molar-refractivity contribution in [2.24, 2.45) is 7.05 Å². The molecule has 5 rings (SSSR count). The molecule has 5 aromatic rings. The van der Waals surface area contributed by atoms with E-state index in [1.807, 2.05) is 60.1 Å². The minimum absolute atomic E-state index is 0.428. The molecule has 0 aliphatic carbocycles. The van der Waals surface area contributed by atoms with Crippen LogP contribution in [0.4, 0.5) is 23.8 Å². The summed E-state index contributed by atoms with van der Waals surface area (Å²) in [5.74, 6) is 2.97. The third-order valence-electron chi connectivity index (χ3n) is 5.53. The number of hydrogen-bond acceptors (Lipinski definition) is 8. The Morgan fingerprint density at radius 3 is 2.33 bits per heavy atom. The van der Waals surface area contributed by atoms with Gasteiger partial charge in [-0.3, -0.25) is 5.32 Å². The van der Waals surface area contributed by atoms with Crippen LogP contribution in [0.1, 0.15) is 19.7 Å². The molecule has 3 N–H and O–H groups in total. The van der Waals surface area contributed by atoms with Crippen molar-refractivity contribution in [3.63, 3.8) is 0 Å². The first kappa shape index (κ1) is 20.7. The molecule has 0 fully saturated rings. The van der Waals surface area contributed by atoms with Gasteiger partial charge < -0.3 is 19.8 Å². The largest absolute Gasteiger partial charge is 0.347 e. The summed E-state index contributed by atoms with van der Waals surface area (Å²) in [4.78, 5) is 28.6. The summed E-state index contributed by atoms with van der Waals surface area (Å²) >= 11 is 0. The highest BCUT2D eigenvalue weighted by atomic mass is 15.3. The van der Waals surface area contributed by atoms with E-state index in [1.165, 1.54) is 0 Å². The number of nitrogens with zero attached hydrogens (tertiary/aromatic N) is 7. The van der Waals surface area contributed by atoms with E-state index < -0.39 is 0 Å². The number of aryl methyl sites for hydroxylation is 1. The fourth-order valence-corrected chi connectivity index (χ4v) is 3.76. The van der Waals surface area contributed by atoms with Gasteiger partial charge in [-0.1, -0.05) is 24.3 Å². The van der Waals surface area contributed by atoms with Gasteiger partial charge in [0.2, 0.25) is 23.8 Å². The molecule has 168 valence electrons. The van der Waals surface area contributed by atoms with Gasteiger partial charge in [0.15, 0.2) is 0 Å². The van der Waals surface area contributed by atoms with Gasteiger partial charge in [0.1, 0.15) is 5.82 Å². The highest BCUT2D eigenvalue weighted by Crippen LogP contribution is 2.22. The second-order valence-corrected chi connectivity index (χ2v) is 7.62. The number of anilines is 4. The van der Waals surface area contributed by atoms with E-state index in [0.717, 1.165) is 41.0 Å². The van der Waals surface area contributed by atoms with E-state index in [4.69, 9.17) is 0 Å². The number of imidazole rings is 2. The third kappa shape index (κ3) is 4.14. The number of H-pyrrole nitrogens is 1. The highest BCUT2D eigenvalue weighted by molar-refractivity contribution is 5.79. The Bertz CT molecular complexity index is 1370. The van der Waals surface area contributed by atoms with Crippen molar-refractivity contribution in [2.75, 3.05) is 28.6 Å². The van der Waals surface area contributed by atoms with Crippen LogP contribution < -0.4 is 15.5 Å². The van der Waals surface area contributed by atoms with Gasteiger partial charge in [0, 0.05) is 20.1 Å². The lowest BCUT2D eigenvalue weighted by atomic mass is 10.3. The Hall–Kier alpha value is -4.21. The van der Waals surface area contributed by atoms with Crippen LogP contribution in [0, 0.1) is 0 Å². The molecule has 33 heavy (non-hydrogen) atoms. The van der Waals surface area contributed by atoms with Crippen LogP contribution in [0.25, 0.3) is 22.1 Å². The number of fused-ring (bicyclic) bond motifs is 2. The van der Waals surface area contributed by atoms with Crippen LogP contribution in [-0.4, -0.2) is 47.6 Å². The quantitative estimate of drug-likeness (QED) is 0.332. The van der Waals surface area contributed by atoms with Crippen LogP contribution in [0.5, 0.6) is 0 Å². The maximum atomic E-state index is 4.67. The molecular formula is C23H26N10. The van der Waals surface area contributed by atoms with Crippen molar-refractivity contribution in [1.82, 2.24) is 34.5 Å². The number of rotatable bonds is 8. The first-order valence-corrected chi connectivity index (χ1v) is 11.0. The second kappa shape index (κ2) is 8.73. The average Bonchev–Trinajstić information content (AvgIpc) is 3.39. The van der Waals surface area contributed by atoms with Crippen molar-refractivity contribution in [2.45, 2.75) is 20.4 Å². The number of para-hydroxylation sites is 4. The number of hydrogen-bond donors (Lipinski definition) is 3. The van der Waals surface area contributed by atoms with Crippen molar-refractivity contribution in [3.8, 4) is 0 Å². The summed E-state index contributed by atoms with van der Waals surface area (Å²) in [6.07, 6.45) is 0. The van der Waals surface area contributed by atoms with Crippen molar-refractivity contribution in [1.29, 1.82) is 0 Å². The third-order valence-corrected chi connectivity index (χ3v) is 5.53. The summed E-state index contributed by atoms with van der Waals surface area (Å²) < 4.78 is 1.98. The Kier molecular flexibility index (Phi) is 5.47. The predicted octanol–water partition coefficient (Wildman–Crippen LogP) is 3.84. The molecule has 0 atom stereocenters. The molecule has 0 spiro atoms. The molecule has 0 aliphatic heterocycles. The molecular weight excluding hydrogens is 416 g/mol. The second-order valence-electron chi connectivity index (χ2n) is 7.62. The zero-order valence-corrected chi connectivity index (χ0v) is 18.9. The van der Waals surface area contributed by atoms with E-state index in [-0.39, 0.29) is 0 Å². The number of benzene rings is 2. The SMILES string of the molecule is CCN(CC)c1nc(NCc2nc3ccccc3[nH]2)nc(Nc2nc3ccccc3n2C)n1. The standard InChI is InChI=1S/C23H26N10/c1-4-33(5-2)23-29-20(24-14-19-25-15-10-6-7-11-16(15)26-19)28-21(31-23)30-22-27-17-12-8-9-13-18(17)32(22)3/h6-13H,4-5,14H2,1-3H3,(H,25,26)(H2,24,27,28,29,30,31). The summed E-state index contributed by atoms with van der Waals surface area (Å²) in [6, 6.07) is 15.9. The van der Waals surface area contributed by atoms with Crippen molar-refractivity contribution >= 4 is 45.9 Å². The van der Waals surface area contributed by atoms with Gasteiger partial charge in [-0.2, -0.15) is 15.0 Å². The van der Waals surface area contributed by atoms with Crippen LogP contribution >= 0.6 is 0 Å². The van der Waals surface area contributed by atoms with Crippen molar-refractivity contribution < 1.29 is 0 Å². The van der Waals surface area contributed by atoms with Gasteiger partial charge in [-0.05, 0) is 38.1 Å². The molecule has 3 aromatic heterocycles. The lowest BCUT2D eigenvalue weighted by Gasteiger charge is -2.19. The summed E-state index contributed by atoms with van der Waals surface area (Å²) in [7, 11) is 1.96. The lowest BCUT2D eigenvalue weighted by Crippen LogP contribution is -2.25. The fraction of sp³-hybridized carbons (Fsp3) is 0.261. The van der Waals surface area contributed by atoms with Gasteiger partial charge in [-0.15, -0.1) is 0 Å². The van der Waals surface area contributed by atoms with Gasteiger partial charge >= 0.3 is 0 Å². The van der Waals surface area contributed by atoms with E-state index in [0.29, 0.717) is 30.3 Å². The van der Waals surface area contributed by atoms with E-state index in [9.17, 15) is 0 Å². The summed E-state index contributed by atoms with van der Waals surface area (Å²) in [5.41, 5.74) is 3.86. The van der Waals surface area contributed by atoms with E-state index in [1.54, 1.807) is 0 Å². The molecule has 0 saturated carbocycles. The zero-order chi connectivity index (χ0) is 22.8. The minimum atomic E-state index is 0.428. The maximum Gasteiger partial charge on any atom is 0.236 e. The molecule has 0 amide bonds. The highest BCUT2D eigenvalue weighted by Gasteiger charge is 2.14. The molecule has 0 radical (unpaired) electrons. The summed E-state index contributed by atoms with van der Waals surface area (Å²) in [6.45, 7) is 6.19. The first-order valence-electron chi connectivity index (χ1n) is 11.0. The van der Waals surface area contributed by atoms with Crippen molar-refractivity contribution in [3.05, 3.63) is 54.4 Å². The van der Waals surface area contributed by atoms with E-state index in [2.05, 4.69) is 59.3 Å². The Morgan fingerprint density at radius 1 is 0.848 bits per heavy atom. The molecule has 10 nitrogen and oxygen atoms in total. The number of aromatic nitrogens is 7. The Labute approximate surface area is 191 Å². The molecule has 0 aliphatic rings. The summed E-state index contributed by atoms with van der Waals surface area (Å²) in [5, 5.41) is 6.55.